The Morgan fingerprint density at radius 1 is 1.24 bits per heavy atom. The van der Waals surface area contributed by atoms with Crippen molar-refractivity contribution in [3.05, 3.63) is 52.5 Å². The van der Waals surface area contributed by atoms with Crippen LogP contribution in [0.15, 0.2) is 46.9 Å². The smallest absolute Gasteiger partial charge is 0.306 e. The van der Waals surface area contributed by atoms with E-state index in [4.69, 9.17) is 4.74 Å². The van der Waals surface area contributed by atoms with Crippen molar-refractivity contribution in [2.24, 2.45) is 0 Å². The van der Waals surface area contributed by atoms with Crippen LogP contribution in [0.2, 0.25) is 0 Å². The maximum Gasteiger partial charge on any atom is 0.306 e. The third-order valence-electron chi connectivity index (χ3n) is 4.77. The molecule has 3 aromatic rings. The predicted molar refractivity (Wildman–Crippen MR) is 97.5 cm³/mol. The van der Waals surface area contributed by atoms with Crippen LogP contribution in [0.5, 0.6) is 0 Å². The first-order valence-electron chi connectivity index (χ1n) is 7.86. The van der Waals surface area contributed by atoms with E-state index in [9.17, 15) is 9.59 Å². The van der Waals surface area contributed by atoms with E-state index in [1.165, 1.54) is 7.11 Å². The SMILES string of the molecule is COC(=O)CC1(C)C(=O)n2c(nc3ccccc32)-c2cccc(Br)c21. The summed E-state index contributed by atoms with van der Waals surface area (Å²) in [5.74, 6) is -0.00346. The second-order valence-corrected chi connectivity index (χ2v) is 7.17. The first kappa shape index (κ1) is 16.0. The van der Waals surface area contributed by atoms with Crippen LogP contribution >= 0.6 is 15.9 Å². The van der Waals surface area contributed by atoms with Crippen molar-refractivity contribution in [1.29, 1.82) is 0 Å². The number of ether oxygens (including phenoxy) is 1. The van der Waals surface area contributed by atoms with Crippen molar-refractivity contribution >= 4 is 38.8 Å². The molecule has 0 saturated carbocycles. The normalized spacial score (nSPS) is 18.8. The monoisotopic (exact) mass is 398 g/mol. The zero-order chi connectivity index (χ0) is 17.8. The van der Waals surface area contributed by atoms with E-state index in [2.05, 4.69) is 20.9 Å². The Balaban J connectivity index is 2.09. The molecule has 0 aliphatic carbocycles. The molecular formula is C19H15BrN2O3. The Morgan fingerprint density at radius 2 is 2.00 bits per heavy atom. The maximum absolute atomic E-state index is 13.5. The van der Waals surface area contributed by atoms with Gasteiger partial charge in [-0.3, -0.25) is 14.2 Å². The van der Waals surface area contributed by atoms with E-state index in [1.807, 2.05) is 42.5 Å². The lowest BCUT2D eigenvalue weighted by Crippen LogP contribution is -2.42. The minimum absolute atomic E-state index is 0.0378. The molecule has 0 N–H and O–H groups in total. The molecule has 1 aliphatic rings. The second kappa shape index (κ2) is 5.52. The van der Waals surface area contributed by atoms with Crippen molar-refractivity contribution in [3.8, 4) is 11.4 Å². The first-order chi connectivity index (χ1) is 12.0. The fraction of sp³-hybridized carbons (Fsp3) is 0.211. The van der Waals surface area contributed by atoms with Crippen LogP contribution in [-0.2, 0) is 14.9 Å². The summed E-state index contributed by atoms with van der Waals surface area (Å²) in [6, 6.07) is 13.2. The van der Waals surface area contributed by atoms with Crippen molar-refractivity contribution in [3.63, 3.8) is 0 Å². The first-order valence-corrected chi connectivity index (χ1v) is 8.65. The molecule has 0 bridgehead atoms. The quantitative estimate of drug-likeness (QED) is 0.613. The maximum atomic E-state index is 13.5. The lowest BCUT2D eigenvalue weighted by Gasteiger charge is -2.35. The number of hydrogen-bond donors (Lipinski definition) is 0. The highest BCUT2D eigenvalue weighted by Gasteiger charge is 2.47. The number of nitrogens with zero attached hydrogens (tertiary/aromatic N) is 2. The molecule has 2 heterocycles. The van der Waals surface area contributed by atoms with Crippen LogP contribution in [0.4, 0.5) is 0 Å². The largest absolute Gasteiger partial charge is 0.469 e. The van der Waals surface area contributed by atoms with Crippen molar-refractivity contribution in [2.45, 2.75) is 18.8 Å². The molecule has 0 radical (unpaired) electrons. The van der Waals surface area contributed by atoms with E-state index < -0.39 is 11.4 Å². The fourth-order valence-electron chi connectivity index (χ4n) is 3.56. The van der Waals surface area contributed by atoms with Crippen LogP contribution in [0.25, 0.3) is 22.4 Å². The van der Waals surface area contributed by atoms with E-state index in [1.54, 1.807) is 11.5 Å². The Labute approximate surface area is 152 Å². The summed E-state index contributed by atoms with van der Waals surface area (Å²) >= 11 is 3.55. The number of imidazole rings is 1. The van der Waals surface area contributed by atoms with Crippen LogP contribution in [-0.4, -0.2) is 28.5 Å². The van der Waals surface area contributed by atoms with Gasteiger partial charge in [0.1, 0.15) is 5.82 Å². The molecule has 6 heteroatoms. The van der Waals surface area contributed by atoms with Crippen LogP contribution in [0.3, 0.4) is 0 Å². The van der Waals surface area contributed by atoms with Crippen LogP contribution in [0.1, 0.15) is 23.7 Å². The number of benzene rings is 2. The summed E-state index contributed by atoms with van der Waals surface area (Å²) in [5.41, 5.74) is 2.06. The number of aromatic nitrogens is 2. The zero-order valence-electron chi connectivity index (χ0n) is 13.7. The van der Waals surface area contributed by atoms with Crippen LogP contribution < -0.4 is 0 Å². The zero-order valence-corrected chi connectivity index (χ0v) is 15.3. The van der Waals surface area contributed by atoms with Gasteiger partial charge < -0.3 is 4.74 Å². The number of para-hydroxylation sites is 2. The summed E-state index contributed by atoms with van der Waals surface area (Å²) in [5, 5.41) is 0. The van der Waals surface area contributed by atoms with Gasteiger partial charge in [0.05, 0.1) is 30.0 Å². The summed E-state index contributed by atoms with van der Waals surface area (Å²) < 4.78 is 7.25. The Morgan fingerprint density at radius 3 is 2.76 bits per heavy atom. The standard InChI is InChI=1S/C19H15BrN2O3/c1-19(10-15(23)25-2)16-11(6-5-7-12(16)20)17-21-13-8-3-4-9-14(13)22(17)18(19)24/h3-9H,10H2,1-2H3. The number of fused-ring (bicyclic) bond motifs is 5. The molecule has 1 atom stereocenters. The van der Waals surface area contributed by atoms with Gasteiger partial charge in [-0.05, 0) is 30.7 Å². The molecule has 1 unspecified atom stereocenters. The van der Waals surface area contributed by atoms with E-state index in [0.29, 0.717) is 5.82 Å². The van der Waals surface area contributed by atoms with Crippen molar-refractivity contribution in [2.75, 3.05) is 7.11 Å². The van der Waals surface area contributed by atoms with Gasteiger partial charge in [0.15, 0.2) is 0 Å². The van der Waals surface area contributed by atoms with E-state index in [-0.39, 0.29) is 12.3 Å². The van der Waals surface area contributed by atoms with Gasteiger partial charge in [-0.25, -0.2) is 4.98 Å². The van der Waals surface area contributed by atoms with Crippen molar-refractivity contribution < 1.29 is 14.3 Å². The number of carbonyl (C=O) groups excluding carboxylic acids is 2. The molecule has 1 aromatic heterocycles. The van der Waals surface area contributed by atoms with Gasteiger partial charge in [-0.15, -0.1) is 0 Å². The molecule has 0 amide bonds. The van der Waals surface area contributed by atoms with Gasteiger partial charge in [-0.1, -0.05) is 40.2 Å². The molecule has 25 heavy (non-hydrogen) atoms. The molecule has 4 rings (SSSR count). The number of carbonyl (C=O) groups is 2. The van der Waals surface area contributed by atoms with E-state index in [0.717, 1.165) is 26.6 Å². The molecule has 0 saturated heterocycles. The molecule has 0 fully saturated rings. The summed E-state index contributed by atoms with van der Waals surface area (Å²) in [7, 11) is 1.33. The lowest BCUT2D eigenvalue weighted by molar-refractivity contribution is -0.141. The number of methoxy groups -OCH3 is 1. The second-order valence-electron chi connectivity index (χ2n) is 6.31. The average molecular weight is 399 g/mol. The molecule has 126 valence electrons. The minimum atomic E-state index is -1.04. The number of esters is 1. The molecule has 0 spiro atoms. The Bertz CT molecular complexity index is 1040. The van der Waals surface area contributed by atoms with Gasteiger partial charge in [0, 0.05) is 10.0 Å². The molecule has 2 aromatic carbocycles. The lowest BCUT2D eigenvalue weighted by atomic mass is 9.74. The molecular weight excluding hydrogens is 384 g/mol. The van der Waals surface area contributed by atoms with Gasteiger partial charge >= 0.3 is 5.97 Å². The highest BCUT2D eigenvalue weighted by atomic mass is 79.9. The van der Waals surface area contributed by atoms with Gasteiger partial charge in [-0.2, -0.15) is 0 Å². The fourth-order valence-corrected chi connectivity index (χ4v) is 4.37. The third kappa shape index (κ3) is 2.17. The van der Waals surface area contributed by atoms with Gasteiger partial charge in [0.2, 0.25) is 5.91 Å². The van der Waals surface area contributed by atoms with Crippen LogP contribution in [0, 0.1) is 0 Å². The Kier molecular flexibility index (Phi) is 3.54. The topological polar surface area (TPSA) is 61.2 Å². The minimum Gasteiger partial charge on any atom is -0.469 e. The number of halogens is 1. The molecule has 1 aliphatic heterocycles. The van der Waals surface area contributed by atoms with Gasteiger partial charge in [0.25, 0.3) is 0 Å². The van der Waals surface area contributed by atoms with E-state index >= 15 is 0 Å². The third-order valence-corrected chi connectivity index (χ3v) is 5.43. The molecule has 5 nitrogen and oxygen atoms in total. The summed E-state index contributed by atoms with van der Waals surface area (Å²) in [6.45, 7) is 1.79. The summed E-state index contributed by atoms with van der Waals surface area (Å²) in [6.07, 6.45) is -0.0378. The number of hydrogen-bond acceptors (Lipinski definition) is 4. The van der Waals surface area contributed by atoms with Crippen molar-refractivity contribution in [1.82, 2.24) is 9.55 Å². The highest BCUT2D eigenvalue weighted by molar-refractivity contribution is 9.10. The average Bonchev–Trinajstić information content (AvgIpc) is 2.99. The number of rotatable bonds is 2. The highest BCUT2D eigenvalue weighted by Crippen LogP contribution is 2.46. The summed E-state index contributed by atoms with van der Waals surface area (Å²) in [4.78, 5) is 30.2. The predicted octanol–water partition coefficient (Wildman–Crippen LogP) is 3.94. The Hall–Kier alpha value is -2.47.